The average molecular weight is 404 g/mol. The molecule has 0 spiro atoms. The van der Waals surface area contributed by atoms with Gasteiger partial charge in [0.2, 0.25) is 5.91 Å². The summed E-state index contributed by atoms with van der Waals surface area (Å²) in [6.07, 6.45) is 0.355. The van der Waals surface area contributed by atoms with E-state index in [2.05, 4.69) is 0 Å². The highest BCUT2D eigenvalue weighted by Gasteiger charge is 2.35. The number of nitrogens with zero attached hydrogens (tertiary/aromatic N) is 1. The van der Waals surface area contributed by atoms with E-state index in [-0.39, 0.29) is 29.2 Å². The predicted octanol–water partition coefficient (Wildman–Crippen LogP) is 2.66. The second-order valence-corrected chi connectivity index (χ2v) is 9.12. The van der Waals surface area contributed by atoms with Crippen molar-refractivity contribution in [3.8, 4) is 0 Å². The van der Waals surface area contributed by atoms with Gasteiger partial charge in [0.1, 0.15) is 18.2 Å². The maximum absolute atomic E-state index is 13.0. The first-order valence-corrected chi connectivity index (χ1v) is 10.0. The lowest BCUT2D eigenvalue weighted by molar-refractivity contribution is -0.164. The van der Waals surface area contributed by atoms with Gasteiger partial charge in [-0.05, 0) is 33.1 Å². The van der Waals surface area contributed by atoms with Gasteiger partial charge >= 0.3 is 11.9 Å². The molecule has 0 aromatic carbocycles. The van der Waals surface area contributed by atoms with Crippen LogP contribution in [0.2, 0.25) is 0 Å². The van der Waals surface area contributed by atoms with Crippen molar-refractivity contribution in [3.05, 3.63) is 0 Å². The van der Waals surface area contributed by atoms with Crippen molar-refractivity contribution in [3.63, 3.8) is 0 Å². The SMILES string of the molecule is COC(=O)[C@@H](CC(C)C)N(CC(=O)OC(C)(C)C)C(=O)[C@@H](C)CSC(C)=O. The van der Waals surface area contributed by atoms with Gasteiger partial charge in [0, 0.05) is 18.6 Å². The summed E-state index contributed by atoms with van der Waals surface area (Å²) in [5.74, 6) is -1.72. The molecule has 156 valence electrons. The van der Waals surface area contributed by atoms with Crippen LogP contribution in [-0.4, -0.2) is 58.9 Å². The highest BCUT2D eigenvalue weighted by molar-refractivity contribution is 8.13. The lowest BCUT2D eigenvalue weighted by Crippen LogP contribution is -2.51. The number of methoxy groups -OCH3 is 1. The molecule has 0 fully saturated rings. The molecule has 27 heavy (non-hydrogen) atoms. The Balaban J connectivity index is 5.61. The molecule has 1 amide bonds. The maximum Gasteiger partial charge on any atom is 0.328 e. The zero-order valence-corrected chi connectivity index (χ0v) is 18.5. The molecule has 0 rings (SSSR count). The molecule has 0 unspecified atom stereocenters. The molecule has 7 nitrogen and oxygen atoms in total. The fourth-order valence-corrected chi connectivity index (χ4v) is 3.01. The van der Waals surface area contributed by atoms with E-state index in [1.54, 1.807) is 27.7 Å². The van der Waals surface area contributed by atoms with E-state index in [1.807, 2.05) is 13.8 Å². The van der Waals surface area contributed by atoms with Crippen molar-refractivity contribution >= 4 is 34.7 Å². The lowest BCUT2D eigenvalue weighted by Gasteiger charge is -2.33. The zero-order valence-electron chi connectivity index (χ0n) is 17.7. The van der Waals surface area contributed by atoms with Crippen LogP contribution in [-0.2, 0) is 28.7 Å². The fourth-order valence-electron chi connectivity index (χ4n) is 2.38. The van der Waals surface area contributed by atoms with Crippen LogP contribution in [0.15, 0.2) is 0 Å². The van der Waals surface area contributed by atoms with Gasteiger partial charge in [0.05, 0.1) is 7.11 Å². The van der Waals surface area contributed by atoms with Crippen molar-refractivity contribution in [2.24, 2.45) is 11.8 Å². The van der Waals surface area contributed by atoms with Crippen LogP contribution in [0, 0.1) is 11.8 Å². The Kier molecular flexibility index (Phi) is 10.7. The fraction of sp³-hybridized carbons (Fsp3) is 0.789. The average Bonchev–Trinajstić information content (AvgIpc) is 2.52. The molecule has 0 bridgehead atoms. The molecule has 0 saturated heterocycles. The third kappa shape index (κ3) is 10.4. The summed E-state index contributed by atoms with van der Waals surface area (Å²) in [4.78, 5) is 50.1. The standard InChI is InChI=1S/C19H33NO6S/c1-12(2)9-15(18(24)25-8)20(10-16(22)26-19(5,6)7)17(23)13(3)11-27-14(4)21/h12-13,15H,9-11H2,1-8H3/t13-,15+/m0/s1. The molecule has 0 saturated carbocycles. The van der Waals surface area contributed by atoms with Crippen molar-refractivity contribution in [1.82, 2.24) is 4.90 Å². The molecular formula is C19H33NO6S. The van der Waals surface area contributed by atoms with Gasteiger partial charge in [0.25, 0.3) is 0 Å². The number of rotatable bonds is 9. The molecule has 0 heterocycles. The van der Waals surface area contributed by atoms with Crippen LogP contribution in [0.5, 0.6) is 0 Å². The van der Waals surface area contributed by atoms with Crippen molar-refractivity contribution in [1.29, 1.82) is 0 Å². The van der Waals surface area contributed by atoms with Crippen LogP contribution < -0.4 is 0 Å². The number of hydrogen-bond donors (Lipinski definition) is 0. The number of ether oxygens (including phenoxy) is 2. The van der Waals surface area contributed by atoms with Gasteiger partial charge in [0.15, 0.2) is 5.12 Å². The summed E-state index contributed by atoms with van der Waals surface area (Å²) >= 11 is 1.04. The molecular weight excluding hydrogens is 370 g/mol. The maximum atomic E-state index is 13.0. The quantitative estimate of drug-likeness (QED) is 0.547. The zero-order chi connectivity index (χ0) is 21.4. The molecule has 2 atom stereocenters. The third-order valence-corrected chi connectivity index (χ3v) is 4.58. The molecule has 0 radical (unpaired) electrons. The van der Waals surface area contributed by atoms with E-state index in [4.69, 9.17) is 9.47 Å². The Labute approximate surface area is 166 Å². The van der Waals surface area contributed by atoms with E-state index >= 15 is 0 Å². The molecule has 0 aliphatic heterocycles. The third-order valence-electron chi connectivity index (χ3n) is 3.50. The minimum Gasteiger partial charge on any atom is -0.467 e. The summed E-state index contributed by atoms with van der Waals surface area (Å²) in [5, 5.41) is -0.0972. The first-order valence-electron chi connectivity index (χ1n) is 9.02. The number of carbonyl (C=O) groups is 4. The number of hydrogen-bond acceptors (Lipinski definition) is 7. The predicted molar refractivity (Wildman–Crippen MR) is 105 cm³/mol. The Morgan fingerprint density at radius 3 is 2.04 bits per heavy atom. The minimum absolute atomic E-state index is 0.0972. The Morgan fingerprint density at radius 2 is 1.63 bits per heavy atom. The van der Waals surface area contributed by atoms with Gasteiger partial charge in [-0.2, -0.15) is 0 Å². The second-order valence-electron chi connectivity index (χ2n) is 7.92. The van der Waals surface area contributed by atoms with Gasteiger partial charge in [-0.3, -0.25) is 14.4 Å². The van der Waals surface area contributed by atoms with E-state index in [0.717, 1.165) is 11.8 Å². The normalized spacial score (nSPS) is 13.7. The van der Waals surface area contributed by atoms with Crippen LogP contribution in [0.1, 0.15) is 54.9 Å². The van der Waals surface area contributed by atoms with E-state index in [0.29, 0.717) is 6.42 Å². The van der Waals surface area contributed by atoms with E-state index in [9.17, 15) is 19.2 Å². The summed E-state index contributed by atoms with van der Waals surface area (Å²) in [6.45, 7) is 11.8. The molecule has 0 aromatic heterocycles. The molecule has 0 aromatic rings. The van der Waals surface area contributed by atoms with Gasteiger partial charge in [-0.25, -0.2) is 4.79 Å². The smallest absolute Gasteiger partial charge is 0.328 e. The number of carbonyl (C=O) groups excluding carboxylic acids is 4. The number of thioether (sulfide) groups is 1. The highest BCUT2D eigenvalue weighted by atomic mass is 32.2. The number of esters is 2. The van der Waals surface area contributed by atoms with Gasteiger partial charge < -0.3 is 14.4 Å². The molecule has 0 N–H and O–H groups in total. The first kappa shape index (κ1) is 25.4. The van der Waals surface area contributed by atoms with Gasteiger partial charge in [-0.15, -0.1) is 0 Å². The van der Waals surface area contributed by atoms with E-state index < -0.39 is 29.5 Å². The second kappa shape index (κ2) is 11.3. The van der Waals surface area contributed by atoms with Crippen LogP contribution in [0.25, 0.3) is 0 Å². The summed E-state index contributed by atoms with van der Waals surface area (Å²) in [6, 6.07) is -0.889. The number of amides is 1. The van der Waals surface area contributed by atoms with Gasteiger partial charge in [-0.1, -0.05) is 32.5 Å². The van der Waals surface area contributed by atoms with Crippen LogP contribution in [0.3, 0.4) is 0 Å². The summed E-state index contributed by atoms with van der Waals surface area (Å²) in [5.41, 5.74) is -0.708. The summed E-state index contributed by atoms with van der Waals surface area (Å²) in [7, 11) is 1.25. The molecule has 8 heteroatoms. The molecule has 0 aliphatic carbocycles. The van der Waals surface area contributed by atoms with Crippen LogP contribution in [0.4, 0.5) is 0 Å². The first-order chi connectivity index (χ1) is 12.3. The minimum atomic E-state index is -0.889. The largest absolute Gasteiger partial charge is 0.467 e. The monoisotopic (exact) mass is 403 g/mol. The van der Waals surface area contributed by atoms with Crippen molar-refractivity contribution < 1.29 is 28.7 Å². The Hall–Kier alpha value is -1.57. The van der Waals surface area contributed by atoms with Crippen LogP contribution >= 0.6 is 11.8 Å². The lowest BCUT2D eigenvalue weighted by atomic mass is 10.0. The highest BCUT2D eigenvalue weighted by Crippen LogP contribution is 2.20. The Morgan fingerprint density at radius 1 is 1.07 bits per heavy atom. The van der Waals surface area contributed by atoms with E-state index in [1.165, 1.54) is 18.9 Å². The van der Waals surface area contributed by atoms with Crippen molar-refractivity contribution in [2.45, 2.75) is 66.5 Å². The topological polar surface area (TPSA) is 90.0 Å². The van der Waals surface area contributed by atoms with Crippen molar-refractivity contribution in [2.75, 3.05) is 19.4 Å². The Bertz CT molecular complexity index is 541. The summed E-state index contributed by atoms with van der Waals surface area (Å²) < 4.78 is 10.2. The molecule has 0 aliphatic rings.